The molecule has 0 heterocycles. The lowest BCUT2D eigenvalue weighted by molar-refractivity contribution is 0.168. The van der Waals surface area contributed by atoms with Crippen LogP contribution in [0.5, 0.6) is 5.75 Å². The molecule has 0 saturated carbocycles. The second kappa shape index (κ2) is 7.82. The van der Waals surface area contributed by atoms with E-state index in [1.54, 1.807) is 14.0 Å². The highest BCUT2D eigenvalue weighted by atomic mass is 16.5. The number of hydrogen-bond acceptors (Lipinski definition) is 4. The fourth-order valence-corrected chi connectivity index (χ4v) is 2.41. The lowest BCUT2D eigenvalue weighted by atomic mass is 10.1. The largest absolute Gasteiger partial charge is 0.497 e. The number of methoxy groups -OCH3 is 1. The molecule has 2 aromatic carbocycles. The summed E-state index contributed by atoms with van der Waals surface area (Å²) in [6, 6.07) is 17.2. The Labute approximate surface area is 131 Å². The minimum absolute atomic E-state index is 0.405. The van der Waals surface area contributed by atoms with E-state index < -0.39 is 12.2 Å². The van der Waals surface area contributed by atoms with Crippen LogP contribution in [0.2, 0.25) is 0 Å². The van der Waals surface area contributed by atoms with Crippen LogP contribution in [-0.2, 0) is 0 Å². The van der Waals surface area contributed by atoms with Gasteiger partial charge in [0.05, 0.1) is 19.3 Å². The average molecular weight is 301 g/mol. The van der Waals surface area contributed by atoms with Gasteiger partial charge in [-0.05, 0) is 36.8 Å². The van der Waals surface area contributed by atoms with Gasteiger partial charge < -0.3 is 19.8 Å². The van der Waals surface area contributed by atoms with Gasteiger partial charge in [-0.3, -0.25) is 0 Å². The highest BCUT2D eigenvalue weighted by Crippen LogP contribution is 2.22. The van der Waals surface area contributed by atoms with E-state index in [9.17, 15) is 10.2 Å². The average Bonchev–Trinajstić information content (AvgIpc) is 2.54. The van der Waals surface area contributed by atoms with Gasteiger partial charge in [-0.15, -0.1) is 0 Å². The predicted molar refractivity (Wildman–Crippen MR) is 88.3 cm³/mol. The molecular weight excluding hydrogens is 278 g/mol. The molecule has 0 aliphatic carbocycles. The maximum absolute atomic E-state index is 10.5. The Morgan fingerprint density at radius 2 is 1.73 bits per heavy atom. The molecule has 0 aliphatic heterocycles. The zero-order valence-electron chi connectivity index (χ0n) is 13.0. The third kappa shape index (κ3) is 4.48. The third-order valence-corrected chi connectivity index (χ3v) is 3.48. The number of para-hydroxylation sites is 1. The lowest BCUT2D eigenvalue weighted by Crippen LogP contribution is -2.34. The molecule has 4 nitrogen and oxygen atoms in total. The minimum Gasteiger partial charge on any atom is -0.497 e. The molecule has 2 N–H and O–H groups in total. The van der Waals surface area contributed by atoms with Crippen LogP contribution in [0.25, 0.3) is 0 Å². The van der Waals surface area contributed by atoms with Crippen molar-refractivity contribution in [3.05, 3.63) is 60.2 Å². The van der Waals surface area contributed by atoms with Crippen molar-refractivity contribution >= 4 is 5.69 Å². The molecule has 0 spiro atoms. The number of nitrogens with zero attached hydrogens (tertiary/aromatic N) is 1. The summed E-state index contributed by atoms with van der Waals surface area (Å²) in [4.78, 5) is 1.98. The fraction of sp³-hybridized carbons (Fsp3) is 0.333. The first-order valence-electron chi connectivity index (χ1n) is 7.40. The summed E-state index contributed by atoms with van der Waals surface area (Å²) in [5.74, 6) is 0.721. The van der Waals surface area contributed by atoms with Crippen molar-refractivity contribution in [2.45, 2.75) is 19.1 Å². The summed E-state index contributed by atoms with van der Waals surface area (Å²) >= 11 is 0. The quantitative estimate of drug-likeness (QED) is 0.825. The Balaban J connectivity index is 2.15. The van der Waals surface area contributed by atoms with Gasteiger partial charge in [-0.2, -0.15) is 0 Å². The number of rotatable bonds is 7. The first-order valence-corrected chi connectivity index (χ1v) is 7.40. The molecular formula is C18H23NO3. The maximum atomic E-state index is 10.5. The molecule has 2 aromatic rings. The number of aliphatic hydroxyl groups excluding tert-OH is 2. The molecule has 0 aromatic heterocycles. The molecule has 2 rings (SSSR count). The van der Waals surface area contributed by atoms with Crippen molar-refractivity contribution < 1.29 is 14.9 Å². The molecule has 0 unspecified atom stereocenters. The molecule has 4 heteroatoms. The predicted octanol–water partition coefficient (Wildman–Crippen LogP) is 2.62. The van der Waals surface area contributed by atoms with E-state index in [-0.39, 0.29) is 0 Å². The molecule has 0 radical (unpaired) electrons. The fourth-order valence-electron chi connectivity index (χ4n) is 2.41. The zero-order chi connectivity index (χ0) is 15.9. The molecule has 0 bridgehead atoms. The van der Waals surface area contributed by atoms with Crippen LogP contribution in [-0.4, -0.2) is 36.5 Å². The van der Waals surface area contributed by atoms with E-state index in [2.05, 4.69) is 0 Å². The van der Waals surface area contributed by atoms with Crippen LogP contribution in [0, 0.1) is 0 Å². The van der Waals surface area contributed by atoms with Gasteiger partial charge >= 0.3 is 0 Å². The standard InChI is InChI=1S/C18H23NO3/c1-14(20)12-19(16-8-4-3-5-9-16)13-18(21)15-7-6-10-17(11-15)22-2/h3-11,14,18,20-21H,12-13H2,1-2H3/t14-,18+/m1/s1. The van der Waals surface area contributed by atoms with Gasteiger partial charge in [0.2, 0.25) is 0 Å². The Bertz CT molecular complexity index is 572. The monoisotopic (exact) mass is 301 g/mol. The Morgan fingerprint density at radius 3 is 2.36 bits per heavy atom. The molecule has 0 fully saturated rings. The number of benzene rings is 2. The Hall–Kier alpha value is -2.04. The SMILES string of the molecule is COc1cccc([C@@H](O)CN(C[C@@H](C)O)c2ccccc2)c1. The molecule has 2 atom stereocenters. The summed E-state index contributed by atoms with van der Waals surface area (Å²) in [5, 5.41) is 20.2. The van der Waals surface area contributed by atoms with Crippen LogP contribution < -0.4 is 9.64 Å². The van der Waals surface area contributed by atoms with E-state index >= 15 is 0 Å². The Kier molecular flexibility index (Phi) is 5.81. The van der Waals surface area contributed by atoms with E-state index in [4.69, 9.17) is 4.74 Å². The summed E-state index contributed by atoms with van der Waals surface area (Å²) in [5.41, 5.74) is 1.77. The maximum Gasteiger partial charge on any atom is 0.119 e. The van der Waals surface area contributed by atoms with Crippen molar-refractivity contribution in [2.75, 3.05) is 25.1 Å². The topological polar surface area (TPSA) is 52.9 Å². The Morgan fingerprint density at radius 1 is 1.00 bits per heavy atom. The number of hydrogen-bond donors (Lipinski definition) is 2. The normalized spacial score (nSPS) is 13.5. The minimum atomic E-state index is -0.658. The number of ether oxygens (including phenoxy) is 1. The van der Waals surface area contributed by atoms with Gasteiger partial charge in [0, 0.05) is 18.8 Å². The van der Waals surface area contributed by atoms with Crippen molar-refractivity contribution in [1.82, 2.24) is 0 Å². The van der Waals surface area contributed by atoms with Gasteiger partial charge in [0.1, 0.15) is 5.75 Å². The van der Waals surface area contributed by atoms with Crippen molar-refractivity contribution in [3.63, 3.8) is 0 Å². The highest BCUT2D eigenvalue weighted by Gasteiger charge is 2.16. The van der Waals surface area contributed by atoms with Crippen LogP contribution in [0.1, 0.15) is 18.6 Å². The summed E-state index contributed by atoms with van der Waals surface area (Å²) in [6.45, 7) is 2.61. The van der Waals surface area contributed by atoms with Crippen LogP contribution >= 0.6 is 0 Å². The highest BCUT2D eigenvalue weighted by molar-refractivity contribution is 5.46. The van der Waals surface area contributed by atoms with Crippen molar-refractivity contribution in [3.8, 4) is 5.75 Å². The number of aliphatic hydroxyl groups is 2. The third-order valence-electron chi connectivity index (χ3n) is 3.48. The molecule has 0 saturated heterocycles. The van der Waals surface area contributed by atoms with Gasteiger partial charge in [0.15, 0.2) is 0 Å². The molecule has 0 amide bonds. The summed E-state index contributed by atoms with van der Waals surface area (Å²) in [7, 11) is 1.61. The zero-order valence-corrected chi connectivity index (χ0v) is 13.0. The van der Waals surface area contributed by atoms with E-state index in [1.807, 2.05) is 59.5 Å². The summed E-state index contributed by atoms with van der Waals surface area (Å²) < 4.78 is 5.19. The van der Waals surface area contributed by atoms with E-state index in [1.165, 1.54) is 0 Å². The number of anilines is 1. The van der Waals surface area contributed by atoms with E-state index in [0.717, 1.165) is 17.0 Å². The first kappa shape index (κ1) is 16.3. The van der Waals surface area contributed by atoms with Crippen molar-refractivity contribution in [1.29, 1.82) is 0 Å². The van der Waals surface area contributed by atoms with Crippen LogP contribution in [0.4, 0.5) is 5.69 Å². The van der Waals surface area contributed by atoms with Crippen molar-refractivity contribution in [2.24, 2.45) is 0 Å². The van der Waals surface area contributed by atoms with Gasteiger partial charge in [-0.25, -0.2) is 0 Å². The van der Waals surface area contributed by atoms with Crippen LogP contribution in [0.15, 0.2) is 54.6 Å². The molecule has 22 heavy (non-hydrogen) atoms. The second-order valence-electron chi connectivity index (χ2n) is 5.38. The smallest absolute Gasteiger partial charge is 0.119 e. The lowest BCUT2D eigenvalue weighted by Gasteiger charge is -2.28. The van der Waals surface area contributed by atoms with Gasteiger partial charge in [-0.1, -0.05) is 30.3 Å². The van der Waals surface area contributed by atoms with Gasteiger partial charge in [0.25, 0.3) is 0 Å². The molecule has 118 valence electrons. The molecule has 0 aliphatic rings. The van der Waals surface area contributed by atoms with Crippen LogP contribution in [0.3, 0.4) is 0 Å². The van der Waals surface area contributed by atoms with E-state index in [0.29, 0.717) is 13.1 Å². The summed E-state index contributed by atoms with van der Waals surface area (Å²) in [6.07, 6.45) is -1.13. The second-order valence-corrected chi connectivity index (χ2v) is 5.38. The first-order chi connectivity index (χ1) is 10.6.